The van der Waals surface area contributed by atoms with Crippen molar-refractivity contribution in [2.24, 2.45) is 11.8 Å². The number of aliphatic hydroxyl groups is 1. The van der Waals surface area contributed by atoms with Crippen LogP contribution in [0.5, 0.6) is 0 Å². The van der Waals surface area contributed by atoms with Crippen LogP contribution in [0.25, 0.3) is 0 Å². The molecule has 0 aromatic heterocycles. The monoisotopic (exact) mass is 196 g/mol. The molecule has 0 amide bonds. The van der Waals surface area contributed by atoms with E-state index in [1.54, 1.807) is 0 Å². The molecule has 1 N–H and O–H groups in total. The van der Waals surface area contributed by atoms with Crippen LogP contribution in [0, 0.1) is 11.8 Å². The Kier molecular flexibility index (Phi) is 4.67. The third-order valence-corrected chi connectivity index (χ3v) is 2.94. The molecule has 1 fully saturated rings. The molecular weight excluding hydrogens is 172 g/mol. The van der Waals surface area contributed by atoms with Crippen LogP contribution in [-0.4, -0.2) is 11.2 Å². The molecule has 0 aliphatic heterocycles. The Labute approximate surface area is 88.2 Å². The average Bonchev–Trinajstić information content (AvgIpc) is 2.01. The highest BCUT2D eigenvalue weighted by molar-refractivity contribution is 5.07. The fourth-order valence-electron chi connectivity index (χ4n) is 2.55. The third kappa shape index (κ3) is 4.28. The van der Waals surface area contributed by atoms with Gasteiger partial charge < -0.3 is 5.11 Å². The van der Waals surface area contributed by atoms with Crippen molar-refractivity contribution in [2.45, 2.75) is 59.0 Å². The summed E-state index contributed by atoms with van der Waals surface area (Å²) in [5.74, 6) is 1.68. The number of rotatable bonds is 3. The Balaban J connectivity index is 2.43. The van der Waals surface area contributed by atoms with E-state index in [9.17, 15) is 5.11 Å². The average molecular weight is 196 g/mol. The zero-order chi connectivity index (χ0) is 10.6. The maximum Gasteiger partial charge on any atom is 0.0695 e. The van der Waals surface area contributed by atoms with Gasteiger partial charge in [-0.05, 0) is 50.9 Å². The van der Waals surface area contributed by atoms with E-state index in [0.29, 0.717) is 0 Å². The van der Waals surface area contributed by atoms with Crippen molar-refractivity contribution in [1.29, 1.82) is 0 Å². The first-order chi connectivity index (χ1) is 6.58. The van der Waals surface area contributed by atoms with Gasteiger partial charge in [-0.15, -0.1) is 0 Å². The lowest BCUT2D eigenvalue weighted by molar-refractivity contribution is 0.240. The second-order valence-electron chi connectivity index (χ2n) is 5.16. The second-order valence-corrected chi connectivity index (χ2v) is 5.16. The molecule has 0 saturated heterocycles. The molecule has 0 spiro atoms. The van der Waals surface area contributed by atoms with Crippen LogP contribution in [0.3, 0.4) is 0 Å². The first-order valence-electron chi connectivity index (χ1n) is 5.95. The van der Waals surface area contributed by atoms with Crippen molar-refractivity contribution in [1.82, 2.24) is 0 Å². The highest BCUT2D eigenvalue weighted by Gasteiger charge is 2.18. The molecule has 1 aliphatic carbocycles. The first kappa shape index (κ1) is 11.8. The van der Waals surface area contributed by atoms with Gasteiger partial charge in [0.25, 0.3) is 0 Å². The minimum atomic E-state index is -0.261. The summed E-state index contributed by atoms with van der Waals surface area (Å²) in [5.41, 5.74) is 1.48. The van der Waals surface area contributed by atoms with E-state index in [0.717, 1.165) is 11.8 Å². The third-order valence-electron chi connectivity index (χ3n) is 2.94. The van der Waals surface area contributed by atoms with Gasteiger partial charge in [0, 0.05) is 0 Å². The second kappa shape index (κ2) is 5.55. The fraction of sp³-hybridized carbons (Fsp3) is 0.846. The molecule has 14 heavy (non-hydrogen) atoms. The van der Waals surface area contributed by atoms with E-state index in [1.165, 1.54) is 37.7 Å². The lowest BCUT2D eigenvalue weighted by Gasteiger charge is -2.26. The van der Waals surface area contributed by atoms with E-state index < -0.39 is 0 Å². The topological polar surface area (TPSA) is 20.2 Å². The van der Waals surface area contributed by atoms with Crippen molar-refractivity contribution in [3.63, 3.8) is 0 Å². The van der Waals surface area contributed by atoms with Crippen LogP contribution in [0.1, 0.15) is 52.9 Å². The van der Waals surface area contributed by atoms with Crippen LogP contribution in [-0.2, 0) is 0 Å². The largest absolute Gasteiger partial charge is 0.389 e. The fourth-order valence-corrected chi connectivity index (χ4v) is 2.55. The van der Waals surface area contributed by atoms with Crippen LogP contribution >= 0.6 is 0 Å². The molecule has 0 aromatic carbocycles. The van der Waals surface area contributed by atoms with Crippen LogP contribution < -0.4 is 0 Å². The highest BCUT2D eigenvalue weighted by Crippen LogP contribution is 2.32. The van der Waals surface area contributed by atoms with Crippen molar-refractivity contribution in [3.8, 4) is 0 Å². The SMILES string of the molecule is CC(O)C=C1CCCC(CC(C)C)C1. The maximum atomic E-state index is 9.30. The molecule has 1 nitrogen and oxygen atoms in total. The predicted octanol–water partition coefficient (Wildman–Crippen LogP) is 3.53. The molecule has 2 unspecified atom stereocenters. The van der Waals surface area contributed by atoms with Gasteiger partial charge >= 0.3 is 0 Å². The summed E-state index contributed by atoms with van der Waals surface area (Å²) in [4.78, 5) is 0. The van der Waals surface area contributed by atoms with Crippen molar-refractivity contribution in [2.75, 3.05) is 0 Å². The van der Waals surface area contributed by atoms with Gasteiger partial charge in [-0.25, -0.2) is 0 Å². The molecular formula is C13H24O. The zero-order valence-electron chi connectivity index (χ0n) is 9.79. The van der Waals surface area contributed by atoms with Crippen LogP contribution in [0.4, 0.5) is 0 Å². The summed E-state index contributed by atoms with van der Waals surface area (Å²) in [6, 6.07) is 0. The van der Waals surface area contributed by atoms with Gasteiger partial charge in [0.1, 0.15) is 0 Å². The van der Waals surface area contributed by atoms with Crippen LogP contribution in [0.15, 0.2) is 11.6 Å². The summed E-state index contributed by atoms with van der Waals surface area (Å²) >= 11 is 0. The van der Waals surface area contributed by atoms with E-state index in [-0.39, 0.29) is 6.10 Å². The Hall–Kier alpha value is -0.300. The Morgan fingerprint density at radius 1 is 1.43 bits per heavy atom. The predicted molar refractivity (Wildman–Crippen MR) is 61.2 cm³/mol. The highest BCUT2D eigenvalue weighted by atomic mass is 16.3. The van der Waals surface area contributed by atoms with E-state index in [4.69, 9.17) is 0 Å². The van der Waals surface area contributed by atoms with Gasteiger partial charge in [-0.2, -0.15) is 0 Å². The van der Waals surface area contributed by atoms with E-state index in [1.807, 2.05) is 13.0 Å². The van der Waals surface area contributed by atoms with Crippen molar-refractivity contribution >= 4 is 0 Å². The molecule has 0 aromatic rings. The molecule has 0 heterocycles. The lowest BCUT2D eigenvalue weighted by Crippen LogP contribution is -2.12. The molecule has 0 radical (unpaired) electrons. The molecule has 82 valence electrons. The van der Waals surface area contributed by atoms with Crippen LogP contribution in [0.2, 0.25) is 0 Å². The minimum Gasteiger partial charge on any atom is -0.389 e. The van der Waals surface area contributed by atoms with Crippen molar-refractivity contribution < 1.29 is 5.11 Å². The zero-order valence-corrected chi connectivity index (χ0v) is 9.79. The quantitative estimate of drug-likeness (QED) is 0.685. The Bertz CT molecular complexity index is 191. The van der Waals surface area contributed by atoms with E-state index in [2.05, 4.69) is 13.8 Å². The summed E-state index contributed by atoms with van der Waals surface area (Å²) in [6.07, 6.45) is 8.26. The Morgan fingerprint density at radius 2 is 2.14 bits per heavy atom. The molecule has 1 aliphatic rings. The minimum absolute atomic E-state index is 0.261. The van der Waals surface area contributed by atoms with Gasteiger partial charge in [0.15, 0.2) is 0 Å². The first-order valence-corrected chi connectivity index (χ1v) is 5.95. The lowest BCUT2D eigenvalue weighted by atomic mass is 9.80. The summed E-state index contributed by atoms with van der Waals surface area (Å²) in [7, 11) is 0. The van der Waals surface area contributed by atoms with Gasteiger partial charge in [0.05, 0.1) is 6.10 Å². The normalized spacial score (nSPS) is 28.4. The number of hydrogen-bond donors (Lipinski definition) is 1. The summed E-state index contributed by atoms with van der Waals surface area (Å²) in [6.45, 7) is 6.44. The maximum absolute atomic E-state index is 9.30. The molecule has 1 heteroatoms. The molecule has 0 bridgehead atoms. The Morgan fingerprint density at radius 3 is 2.71 bits per heavy atom. The van der Waals surface area contributed by atoms with Gasteiger partial charge in [0.2, 0.25) is 0 Å². The van der Waals surface area contributed by atoms with Gasteiger partial charge in [-0.3, -0.25) is 0 Å². The standard InChI is InChI=1S/C13H24O/c1-10(2)7-12-5-4-6-13(9-12)8-11(3)14/h8,10-12,14H,4-7,9H2,1-3H3. The molecule has 1 rings (SSSR count). The summed E-state index contributed by atoms with van der Waals surface area (Å²) in [5, 5.41) is 9.30. The van der Waals surface area contributed by atoms with Crippen molar-refractivity contribution in [3.05, 3.63) is 11.6 Å². The number of allylic oxidation sites excluding steroid dienone is 1. The van der Waals surface area contributed by atoms with E-state index >= 15 is 0 Å². The van der Waals surface area contributed by atoms with Gasteiger partial charge in [-0.1, -0.05) is 25.5 Å². The smallest absolute Gasteiger partial charge is 0.0695 e. The number of hydrogen-bond acceptors (Lipinski definition) is 1. The molecule has 1 saturated carbocycles. The number of aliphatic hydroxyl groups excluding tert-OH is 1. The summed E-state index contributed by atoms with van der Waals surface area (Å²) < 4.78 is 0. The molecule has 2 atom stereocenters.